The van der Waals surface area contributed by atoms with Crippen LogP contribution in [0.15, 0.2) is 59.5 Å². The Kier molecular flexibility index (Phi) is 5.68. The molecule has 1 aromatic heterocycles. The molecule has 2 aromatic carbocycles. The lowest BCUT2D eigenvalue weighted by atomic mass is 9.96. The van der Waals surface area contributed by atoms with Gasteiger partial charge in [-0.2, -0.15) is 0 Å². The van der Waals surface area contributed by atoms with Gasteiger partial charge in [-0.05, 0) is 48.1 Å². The van der Waals surface area contributed by atoms with Crippen molar-refractivity contribution in [2.45, 2.75) is 47.1 Å². The number of anilines is 1. The lowest BCUT2D eigenvalue weighted by molar-refractivity contribution is -0.116. The second kappa shape index (κ2) is 8.01. The molecule has 146 valence electrons. The number of nitrogens with zero attached hydrogens (tertiary/aromatic N) is 1. The maximum absolute atomic E-state index is 12.8. The van der Waals surface area contributed by atoms with E-state index >= 15 is 0 Å². The quantitative estimate of drug-likeness (QED) is 0.687. The second-order valence-electron chi connectivity index (χ2n) is 8.55. The molecule has 28 heavy (non-hydrogen) atoms. The normalized spacial score (nSPS) is 11.6. The fraction of sp³-hybridized carbons (Fsp3) is 0.333. The van der Waals surface area contributed by atoms with E-state index in [1.165, 1.54) is 11.1 Å². The van der Waals surface area contributed by atoms with Crippen molar-refractivity contribution in [2.75, 3.05) is 5.32 Å². The Labute approximate surface area is 166 Å². The Bertz CT molecular complexity index is 1060. The molecule has 0 saturated carbocycles. The van der Waals surface area contributed by atoms with Gasteiger partial charge in [0, 0.05) is 35.6 Å². The average molecular weight is 377 g/mol. The summed E-state index contributed by atoms with van der Waals surface area (Å²) in [4.78, 5) is 25.3. The number of carbonyl (C=O) groups is 1. The van der Waals surface area contributed by atoms with Gasteiger partial charge in [-0.15, -0.1) is 0 Å². The minimum Gasteiger partial charge on any atom is -0.326 e. The molecule has 0 saturated heterocycles. The Hall–Kier alpha value is -2.88. The molecule has 0 unspecified atom stereocenters. The van der Waals surface area contributed by atoms with Crippen LogP contribution in [0.2, 0.25) is 0 Å². The van der Waals surface area contributed by atoms with Gasteiger partial charge in [-0.25, -0.2) is 0 Å². The SMILES string of the molecule is Cc1ccccc1CCC(=O)Nc1cccc2c(=O)n(CC(C)(C)C)ccc12. The molecular weight excluding hydrogens is 348 g/mol. The van der Waals surface area contributed by atoms with Gasteiger partial charge in [-0.1, -0.05) is 51.1 Å². The zero-order valence-corrected chi connectivity index (χ0v) is 17.1. The van der Waals surface area contributed by atoms with E-state index in [1.807, 2.05) is 42.6 Å². The lowest BCUT2D eigenvalue weighted by Gasteiger charge is -2.20. The molecule has 0 bridgehead atoms. The first-order valence-electron chi connectivity index (χ1n) is 9.71. The molecule has 0 radical (unpaired) electrons. The zero-order chi connectivity index (χ0) is 20.3. The van der Waals surface area contributed by atoms with Crippen molar-refractivity contribution in [1.82, 2.24) is 4.57 Å². The van der Waals surface area contributed by atoms with Gasteiger partial charge in [0.15, 0.2) is 0 Å². The van der Waals surface area contributed by atoms with E-state index in [0.29, 0.717) is 30.5 Å². The summed E-state index contributed by atoms with van der Waals surface area (Å²) >= 11 is 0. The first-order valence-corrected chi connectivity index (χ1v) is 9.71. The number of nitrogens with one attached hydrogen (secondary N) is 1. The number of benzene rings is 2. The van der Waals surface area contributed by atoms with E-state index in [9.17, 15) is 9.59 Å². The van der Waals surface area contributed by atoms with Gasteiger partial charge < -0.3 is 9.88 Å². The van der Waals surface area contributed by atoms with E-state index in [2.05, 4.69) is 45.1 Å². The number of hydrogen-bond acceptors (Lipinski definition) is 2. The first-order chi connectivity index (χ1) is 13.2. The largest absolute Gasteiger partial charge is 0.326 e. The topological polar surface area (TPSA) is 51.1 Å². The highest BCUT2D eigenvalue weighted by Crippen LogP contribution is 2.22. The van der Waals surface area contributed by atoms with Crippen LogP contribution in [0.4, 0.5) is 5.69 Å². The van der Waals surface area contributed by atoms with Crippen LogP contribution in [-0.2, 0) is 17.8 Å². The summed E-state index contributed by atoms with van der Waals surface area (Å²) in [5.41, 5.74) is 3.05. The number of aryl methyl sites for hydroxylation is 2. The molecule has 0 spiro atoms. The minimum atomic E-state index is -0.0466. The smallest absolute Gasteiger partial charge is 0.258 e. The predicted molar refractivity (Wildman–Crippen MR) is 116 cm³/mol. The third kappa shape index (κ3) is 4.69. The number of rotatable bonds is 5. The van der Waals surface area contributed by atoms with Crippen LogP contribution in [0.1, 0.15) is 38.3 Å². The number of fused-ring (bicyclic) bond motifs is 1. The number of hydrogen-bond donors (Lipinski definition) is 1. The van der Waals surface area contributed by atoms with Crippen molar-refractivity contribution >= 4 is 22.4 Å². The van der Waals surface area contributed by atoms with Crippen LogP contribution in [0.3, 0.4) is 0 Å². The molecule has 4 heteroatoms. The zero-order valence-electron chi connectivity index (χ0n) is 17.1. The third-order valence-corrected chi connectivity index (χ3v) is 4.82. The Morgan fingerprint density at radius 1 is 1.00 bits per heavy atom. The monoisotopic (exact) mass is 376 g/mol. The first kappa shape index (κ1) is 19.9. The number of pyridine rings is 1. The number of amides is 1. The molecule has 3 aromatic rings. The summed E-state index contributed by atoms with van der Waals surface area (Å²) in [6, 6.07) is 15.5. The predicted octanol–water partition coefficient (Wildman–Crippen LogP) is 4.93. The van der Waals surface area contributed by atoms with Gasteiger partial charge in [0.2, 0.25) is 5.91 Å². The van der Waals surface area contributed by atoms with Crippen LogP contribution >= 0.6 is 0 Å². The summed E-state index contributed by atoms with van der Waals surface area (Å²) < 4.78 is 1.74. The molecular formula is C24H28N2O2. The van der Waals surface area contributed by atoms with Crippen LogP contribution in [0.5, 0.6) is 0 Å². The van der Waals surface area contributed by atoms with Gasteiger partial charge in [0.25, 0.3) is 5.56 Å². The van der Waals surface area contributed by atoms with E-state index in [-0.39, 0.29) is 16.9 Å². The molecule has 4 nitrogen and oxygen atoms in total. The van der Waals surface area contributed by atoms with Crippen LogP contribution in [-0.4, -0.2) is 10.5 Å². The van der Waals surface area contributed by atoms with Crippen molar-refractivity contribution in [3.63, 3.8) is 0 Å². The maximum atomic E-state index is 12.8. The molecule has 1 N–H and O–H groups in total. The summed E-state index contributed by atoms with van der Waals surface area (Å²) in [7, 11) is 0. The summed E-state index contributed by atoms with van der Waals surface area (Å²) in [6.07, 6.45) is 2.92. The lowest BCUT2D eigenvalue weighted by Crippen LogP contribution is -2.26. The van der Waals surface area contributed by atoms with E-state index in [4.69, 9.17) is 0 Å². The average Bonchev–Trinajstić information content (AvgIpc) is 2.63. The molecule has 1 heterocycles. The molecule has 0 aliphatic heterocycles. The second-order valence-corrected chi connectivity index (χ2v) is 8.55. The van der Waals surface area contributed by atoms with Crippen molar-refractivity contribution in [1.29, 1.82) is 0 Å². The highest BCUT2D eigenvalue weighted by molar-refractivity contribution is 6.01. The molecule has 0 atom stereocenters. The standard InChI is InChI=1S/C24H28N2O2/c1-17-8-5-6-9-18(17)12-13-22(27)25-21-11-7-10-20-19(21)14-15-26(23(20)28)16-24(2,3)4/h5-11,14-15H,12-13,16H2,1-4H3,(H,25,27). The van der Waals surface area contributed by atoms with Crippen molar-refractivity contribution in [2.24, 2.45) is 5.41 Å². The molecule has 0 fully saturated rings. The van der Waals surface area contributed by atoms with E-state index in [1.54, 1.807) is 4.57 Å². The van der Waals surface area contributed by atoms with Crippen molar-refractivity contribution in [3.05, 3.63) is 76.2 Å². The number of aromatic nitrogens is 1. The number of carbonyl (C=O) groups excluding carboxylic acids is 1. The fourth-order valence-electron chi connectivity index (χ4n) is 3.41. The van der Waals surface area contributed by atoms with E-state index in [0.717, 1.165) is 5.39 Å². The summed E-state index contributed by atoms with van der Waals surface area (Å²) in [6.45, 7) is 9.02. The van der Waals surface area contributed by atoms with Crippen LogP contribution in [0.25, 0.3) is 10.8 Å². The highest BCUT2D eigenvalue weighted by atomic mass is 16.1. The van der Waals surface area contributed by atoms with Gasteiger partial charge in [0.05, 0.1) is 0 Å². The van der Waals surface area contributed by atoms with Crippen molar-refractivity contribution in [3.8, 4) is 0 Å². The summed E-state index contributed by atoms with van der Waals surface area (Å²) in [5, 5.41) is 4.39. The minimum absolute atomic E-state index is 0.0128. The van der Waals surface area contributed by atoms with Crippen LogP contribution in [0, 0.1) is 12.3 Å². The Morgan fingerprint density at radius 2 is 1.75 bits per heavy atom. The highest BCUT2D eigenvalue weighted by Gasteiger charge is 2.14. The Balaban J connectivity index is 1.80. The Morgan fingerprint density at radius 3 is 2.46 bits per heavy atom. The fourth-order valence-corrected chi connectivity index (χ4v) is 3.41. The molecule has 1 amide bonds. The molecule has 3 rings (SSSR count). The molecule has 0 aliphatic carbocycles. The van der Waals surface area contributed by atoms with Gasteiger partial charge in [0.1, 0.15) is 0 Å². The third-order valence-electron chi connectivity index (χ3n) is 4.82. The van der Waals surface area contributed by atoms with Crippen LogP contribution < -0.4 is 10.9 Å². The van der Waals surface area contributed by atoms with Gasteiger partial charge in [-0.3, -0.25) is 9.59 Å². The van der Waals surface area contributed by atoms with Crippen molar-refractivity contribution < 1.29 is 4.79 Å². The van der Waals surface area contributed by atoms with E-state index < -0.39 is 0 Å². The van der Waals surface area contributed by atoms with Gasteiger partial charge >= 0.3 is 0 Å². The summed E-state index contributed by atoms with van der Waals surface area (Å²) in [5.74, 6) is -0.0466. The maximum Gasteiger partial charge on any atom is 0.258 e. The molecule has 0 aliphatic rings.